The minimum atomic E-state index is 0.342. The Labute approximate surface area is 114 Å². The highest BCUT2D eigenvalue weighted by Crippen LogP contribution is 2.40. The molecule has 2 fully saturated rings. The van der Waals surface area contributed by atoms with Gasteiger partial charge < -0.3 is 5.73 Å². The Morgan fingerprint density at radius 3 is 2.61 bits per heavy atom. The van der Waals surface area contributed by atoms with Gasteiger partial charge in [0.25, 0.3) is 0 Å². The van der Waals surface area contributed by atoms with Crippen molar-refractivity contribution in [3.8, 4) is 0 Å². The zero-order valence-electron chi connectivity index (χ0n) is 10.7. The Morgan fingerprint density at radius 1 is 1.28 bits per heavy atom. The van der Waals surface area contributed by atoms with Gasteiger partial charge in [-0.3, -0.25) is 4.90 Å². The summed E-state index contributed by atoms with van der Waals surface area (Å²) in [6, 6.07) is 8.51. The van der Waals surface area contributed by atoms with E-state index in [0.29, 0.717) is 12.6 Å². The van der Waals surface area contributed by atoms with E-state index in [1.165, 1.54) is 37.9 Å². The molecule has 1 heterocycles. The second-order valence-electron chi connectivity index (χ2n) is 5.71. The van der Waals surface area contributed by atoms with Crippen molar-refractivity contribution in [2.45, 2.75) is 25.3 Å². The van der Waals surface area contributed by atoms with E-state index in [4.69, 9.17) is 17.3 Å². The summed E-state index contributed by atoms with van der Waals surface area (Å²) in [7, 11) is 0. The van der Waals surface area contributed by atoms with Gasteiger partial charge in [-0.2, -0.15) is 0 Å². The lowest BCUT2D eigenvalue weighted by Gasteiger charge is -2.28. The van der Waals surface area contributed by atoms with Crippen LogP contribution in [0.5, 0.6) is 0 Å². The summed E-state index contributed by atoms with van der Waals surface area (Å²) in [5.74, 6) is 1.83. The van der Waals surface area contributed by atoms with Crippen LogP contribution in [0.2, 0.25) is 5.02 Å². The van der Waals surface area contributed by atoms with Crippen LogP contribution in [0.15, 0.2) is 24.3 Å². The van der Waals surface area contributed by atoms with Crippen LogP contribution in [0.1, 0.15) is 30.9 Å². The Hall–Kier alpha value is -0.570. The predicted molar refractivity (Wildman–Crippen MR) is 75.7 cm³/mol. The molecule has 3 atom stereocenters. The van der Waals surface area contributed by atoms with E-state index in [-0.39, 0.29) is 0 Å². The van der Waals surface area contributed by atoms with Crippen molar-refractivity contribution in [3.63, 3.8) is 0 Å². The molecule has 1 aliphatic carbocycles. The fourth-order valence-corrected chi connectivity index (χ4v) is 3.93. The van der Waals surface area contributed by atoms with E-state index in [0.717, 1.165) is 16.9 Å². The molecular formula is C15H21ClN2. The van der Waals surface area contributed by atoms with Gasteiger partial charge in [-0.25, -0.2) is 0 Å². The van der Waals surface area contributed by atoms with Gasteiger partial charge >= 0.3 is 0 Å². The van der Waals surface area contributed by atoms with Crippen LogP contribution < -0.4 is 5.73 Å². The zero-order valence-corrected chi connectivity index (χ0v) is 11.4. The SMILES string of the molecule is NCC(c1cccc(Cl)c1)N1CC2CCCC2C1. The third-order valence-electron chi connectivity index (χ3n) is 4.65. The van der Waals surface area contributed by atoms with E-state index >= 15 is 0 Å². The fourth-order valence-electron chi connectivity index (χ4n) is 3.74. The number of nitrogens with two attached hydrogens (primary N) is 1. The summed E-state index contributed by atoms with van der Waals surface area (Å²) < 4.78 is 0. The molecule has 0 bridgehead atoms. The largest absolute Gasteiger partial charge is 0.329 e. The number of fused-ring (bicyclic) bond motifs is 1. The van der Waals surface area contributed by atoms with Crippen LogP contribution >= 0.6 is 11.6 Å². The van der Waals surface area contributed by atoms with Crippen molar-refractivity contribution in [2.75, 3.05) is 19.6 Å². The average Bonchev–Trinajstić information content (AvgIpc) is 2.91. The lowest BCUT2D eigenvalue weighted by Crippen LogP contribution is -2.32. The number of nitrogens with zero attached hydrogens (tertiary/aromatic N) is 1. The molecule has 2 nitrogen and oxygen atoms in total. The Bertz CT molecular complexity index is 409. The van der Waals surface area contributed by atoms with Gasteiger partial charge in [0.05, 0.1) is 0 Å². The summed E-state index contributed by atoms with van der Waals surface area (Å²) in [4.78, 5) is 2.57. The molecule has 0 radical (unpaired) electrons. The van der Waals surface area contributed by atoms with E-state index < -0.39 is 0 Å². The third kappa shape index (κ3) is 2.29. The molecule has 3 unspecified atom stereocenters. The van der Waals surface area contributed by atoms with E-state index in [9.17, 15) is 0 Å². The molecule has 3 heteroatoms. The van der Waals surface area contributed by atoms with Crippen LogP contribution in [0, 0.1) is 11.8 Å². The van der Waals surface area contributed by atoms with Gasteiger partial charge in [-0.05, 0) is 42.4 Å². The standard InChI is InChI=1S/C15H21ClN2/c16-14-6-2-3-11(7-14)15(8-17)18-9-12-4-1-5-13(12)10-18/h2-3,6-7,12-13,15H,1,4-5,8-10,17H2. The average molecular weight is 265 g/mol. The van der Waals surface area contributed by atoms with Crippen molar-refractivity contribution >= 4 is 11.6 Å². The first-order chi connectivity index (χ1) is 8.78. The number of hydrogen-bond acceptors (Lipinski definition) is 2. The molecule has 1 saturated heterocycles. The highest BCUT2D eigenvalue weighted by Gasteiger charge is 2.38. The smallest absolute Gasteiger partial charge is 0.0471 e. The van der Waals surface area contributed by atoms with Crippen LogP contribution in [0.3, 0.4) is 0 Å². The molecule has 3 rings (SSSR count). The van der Waals surface area contributed by atoms with Crippen LogP contribution in [-0.2, 0) is 0 Å². The van der Waals surface area contributed by atoms with Gasteiger partial charge in [0.15, 0.2) is 0 Å². The third-order valence-corrected chi connectivity index (χ3v) is 4.89. The Balaban J connectivity index is 1.77. The second-order valence-corrected chi connectivity index (χ2v) is 6.15. The van der Waals surface area contributed by atoms with Gasteiger partial charge in [-0.1, -0.05) is 30.2 Å². The zero-order chi connectivity index (χ0) is 12.5. The summed E-state index contributed by atoms with van der Waals surface area (Å²) in [5, 5.41) is 0.811. The minimum Gasteiger partial charge on any atom is -0.329 e. The number of hydrogen-bond donors (Lipinski definition) is 1. The quantitative estimate of drug-likeness (QED) is 0.909. The van der Waals surface area contributed by atoms with Crippen molar-refractivity contribution in [2.24, 2.45) is 17.6 Å². The molecule has 98 valence electrons. The molecule has 1 saturated carbocycles. The van der Waals surface area contributed by atoms with Gasteiger partial charge in [0.2, 0.25) is 0 Å². The first-order valence-corrected chi connectivity index (χ1v) is 7.35. The van der Waals surface area contributed by atoms with Crippen molar-refractivity contribution in [1.29, 1.82) is 0 Å². The van der Waals surface area contributed by atoms with Crippen molar-refractivity contribution < 1.29 is 0 Å². The maximum Gasteiger partial charge on any atom is 0.0471 e. The Morgan fingerprint density at radius 2 is 2.00 bits per heavy atom. The number of benzene rings is 1. The predicted octanol–water partition coefficient (Wildman–Crippen LogP) is 3.07. The summed E-state index contributed by atoms with van der Waals surface area (Å²) in [6.45, 7) is 3.12. The molecular weight excluding hydrogens is 244 g/mol. The van der Waals surface area contributed by atoms with Crippen molar-refractivity contribution in [1.82, 2.24) is 4.90 Å². The maximum atomic E-state index is 6.09. The van der Waals surface area contributed by atoms with Crippen molar-refractivity contribution in [3.05, 3.63) is 34.9 Å². The fraction of sp³-hybridized carbons (Fsp3) is 0.600. The molecule has 2 N–H and O–H groups in total. The Kier molecular flexibility index (Phi) is 3.60. The highest BCUT2D eigenvalue weighted by atomic mass is 35.5. The van der Waals surface area contributed by atoms with E-state index in [2.05, 4.69) is 17.0 Å². The first-order valence-electron chi connectivity index (χ1n) is 6.97. The number of rotatable bonds is 3. The molecule has 18 heavy (non-hydrogen) atoms. The second kappa shape index (κ2) is 5.20. The van der Waals surface area contributed by atoms with E-state index in [1.807, 2.05) is 12.1 Å². The summed E-state index contributed by atoms with van der Waals surface area (Å²) in [5.41, 5.74) is 7.27. The van der Waals surface area contributed by atoms with Gasteiger partial charge in [0.1, 0.15) is 0 Å². The highest BCUT2D eigenvalue weighted by molar-refractivity contribution is 6.30. The number of halogens is 1. The molecule has 0 amide bonds. The van der Waals surface area contributed by atoms with Gasteiger partial charge in [-0.15, -0.1) is 0 Å². The van der Waals surface area contributed by atoms with E-state index in [1.54, 1.807) is 0 Å². The van der Waals surface area contributed by atoms with Crippen LogP contribution in [0.4, 0.5) is 0 Å². The minimum absolute atomic E-state index is 0.342. The molecule has 1 aromatic carbocycles. The molecule has 1 aliphatic heterocycles. The summed E-state index contributed by atoms with van der Waals surface area (Å²) >= 11 is 6.09. The molecule has 0 aromatic heterocycles. The lowest BCUT2D eigenvalue weighted by atomic mass is 10.0. The van der Waals surface area contributed by atoms with Gasteiger partial charge in [0, 0.05) is 30.7 Å². The molecule has 2 aliphatic rings. The van der Waals surface area contributed by atoms with Crippen LogP contribution in [0.25, 0.3) is 0 Å². The monoisotopic (exact) mass is 264 g/mol. The molecule has 0 spiro atoms. The topological polar surface area (TPSA) is 29.3 Å². The first kappa shape index (κ1) is 12.5. The summed E-state index contributed by atoms with van der Waals surface area (Å²) in [6.07, 6.45) is 4.25. The maximum absolute atomic E-state index is 6.09. The number of likely N-dealkylation sites (tertiary alicyclic amines) is 1. The normalized spacial score (nSPS) is 29.4. The lowest BCUT2D eigenvalue weighted by molar-refractivity contribution is 0.232. The van der Waals surface area contributed by atoms with Crippen LogP contribution in [-0.4, -0.2) is 24.5 Å². The molecule has 1 aromatic rings.